The van der Waals surface area contributed by atoms with E-state index in [0.717, 1.165) is 10.1 Å². The third-order valence-electron chi connectivity index (χ3n) is 4.36. The summed E-state index contributed by atoms with van der Waals surface area (Å²) in [6, 6.07) is 18.1. The second-order valence-corrected chi connectivity index (χ2v) is 6.14. The second-order valence-electron chi connectivity index (χ2n) is 6.14. The van der Waals surface area contributed by atoms with E-state index in [1.165, 1.54) is 0 Å². The molecule has 3 rings (SSSR count). The Morgan fingerprint density at radius 3 is 2.26 bits per heavy atom. The van der Waals surface area contributed by atoms with Crippen molar-refractivity contribution in [2.75, 3.05) is 0 Å². The van der Waals surface area contributed by atoms with Crippen molar-refractivity contribution < 1.29 is 5.11 Å². The van der Waals surface area contributed by atoms with Gasteiger partial charge in [-0.15, -0.1) is 0 Å². The molecule has 138 valence electrons. The zero-order valence-electron chi connectivity index (χ0n) is 15.2. The molecule has 2 N–H and O–H groups in total. The van der Waals surface area contributed by atoms with Crippen molar-refractivity contribution in [3.8, 4) is 11.6 Å². The van der Waals surface area contributed by atoms with Gasteiger partial charge in [0.25, 0.3) is 5.56 Å². The lowest BCUT2D eigenvalue weighted by Gasteiger charge is -2.14. The molecule has 1 atom stereocenters. The van der Waals surface area contributed by atoms with Gasteiger partial charge in [-0.2, -0.15) is 0 Å². The first kappa shape index (κ1) is 18.4. The molecule has 0 amide bonds. The summed E-state index contributed by atoms with van der Waals surface area (Å²) < 4.78 is 1.08. The fourth-order valence-corrected chi connectivity index (χ4v) is 2.97. The van der Waals surface area contributed by atoms with E-state index < -0.39 is 17.1 Å². The summed E-state index contributed by atoms with van der Waals surface area (Å²) >= 11 is 0. The van der Waals surface area contributed by atoms with Crippen LogP contribution in [0.1, 0.15) is 37.4 Å². The predicted molar refractivity (Wildman–Crippen MR) is 106 cm³/mol. The molecule has 0 aliphatic rings. The van der Waals surface area contributed by atoms with Gasteiger partial charge in [0, 0.05) is 0 Å². The van der Waals surface area contributed by atoms with E-state index in [4.69, 9.17) is 0 Å². The van der Waals surface area contributed by atoms with Crippen LogP contribution in [0.15, 0.2) is 75.2 Å². The first-order valence-corrected chi connectivity index (χ1v) is 8.78. The molecule has 0 fully saturated rings. The van der Waals surface area contributed by atoms with E-state index in [1.807, 2.05) is 44.2 Å². The van der Waals surface area contributed by atoms with Crippen molar-refractivity contribution in [2.24, 2.45) is 4.99 Å². The molecule has 1 heterocycles. The van der Waals surface area contributed by atoms with Gasteiger partial charge in [0.15, 0.2) is 0 Å². The SMILES string of the molecule is CCC(=N[C@@H](C)c1ccccc1)c1c(O)n(-c2ccccc2)c(=O)[nH]c1=O. The zero-order valence-corrected chi connectivity index (χ0v) is 15.2. The van der Waals surface area contributed by atoms with E-state index >= 15 is 0 Å². The number of aliphatic imine (C=N–C) groups is 1. The third kappa shape index (κ3) is 3.74. The van der Waals surface area contributed by atoms with Crippen molar-refractivity contribution >= 4 is 5.71 Å². The number of H-pyrrole nitrogens is 1. The molecule has 0 unspecified atom stereocenters. The van der Waals surface area contributed by atoms with Crippen LogP contribution in [0.25, 0.3) is 5.69 Å². The lowest BCUT2D eigenvalue weighted by Crippen LogP contribution is -2.33. The van der Waals surface area contributed by atoms with E-state index in [1.54, 1.807) is 30.3 Å². The topological polar surface area (TPSA) is 87.4 Å². The Kier molecular flexibility index (Phi) is 5.35. The monoisotopic (exact) mass is 363 g/mol. The molecule has 0 saturated heterocycles. The van der Waals surface area contributed by atoms with Gasteiger partial charge in [0.2, 0.25) is 5.88 Å². The standard InChI is InChI=1S/C21H21N3O3/c1-3-17(22-14(2)15-10-6-4-7-11-15)18-19(25)23-21(27)24(20(18)26)16-12-8-5-9-13-16/h4-14,26H,3H2,1-2H3,(H,23,25,27)/t14-/m0/s1. The maximum absolute atomic E-state index is 12.5. The highest BCUT2D eigenvalue weighted by Crippen LogP contribution is 2.22. The van der Waals surface area contributed by atoms with E-state index in [2.05, 4.69) is 9.98 Å². The molecular formula is C21H21N3O3. The number of benzene rings is 2. The van der Waals surface area contributed by atoms with E-state index in [-0.39, 0.29) is 11.6 Å². The number of hydrogen-bond donors (Lipinski definition) is 2. The Morgan fingerprint density at radius 1 is 1.07 bits per heavy atom. The maximum atomic E-state index is 12.5. The van der Waals surface area contributed by atoms with Crippen LogP contribution in [0.5, 0.6) is 5.88 Å². The summed E-state index contributed by atoms with van der Waals surface area (Å²) in [6.07, 6.45) is 0.431. The van der Waals surface area contributed by atoms with Crippen molar-refractivity contribution in [3.05, 3.63) is 92.6 Å². The average molecular weight is 363 g/mol. The molecule has 1 aromatic heterocycles. The first-order chi connectivity index (χ1) is 13.0. The quantitative estimate of drug-likeness (QED) is 0.683. The Hall–Kier alpha value is -3.41. The molecule has 0 spiro atoms. The number of nitrogens with one attached hydrogen (secondary N) is 1. The summed E-state index contributed by atoms with van der Waals surface area (Å²) in [5.41, 5.74) is 0.572. The van der Waals surface area contributed by atoms with Crippen LogP contribution in [0.3, 0.4) is 0 Å². The summed E-state index contributed by atoms with van der Waals surface area (Å²) in [7, 11) is 0. The van der Waals surface area contributed by atoms with Gasteiger partial charge >= 0.3 is 5.69 Å². The summed E-state index contributed by atoms with van der Waals surface area (Å²) in [5.74, 6) is -0.407. The molecule has 27 heavy (non-hydrogen) atoms. The lowest BCUT2D eigenvalue weighted by atomic mass is 10.1. The van der Waals surface area contributed by atoms with E-state index in [0.29, 0.717) is 17.8 Å². The number of rotatable bonds is 5. The van der Waals surface area contributed by atoms with Gasteiger partial charge in [0.05, 0.1) is 17.4 Å². The Balaban J connectivity index is 2.16. The minimum absolute atomic E-state index is 0.0173. The third-order valence-corrected chi connectivity index (χ3v) is 4.36. The van der Waals surface area contributed by atoms with Crippen molar-refractivity contribution in [2.45, 2.75) is 26.3 Å². The first-order valence-electron chi connectivity index (χ1n) is 8.78. The number of nitrogens with zero attached hydrogens (tertiary/aromatic N) is 2. The van der Waals surface area contributed by atoms with Crippen LogP contribution in [0, 0.1) is 0 Å². The highest BCUT2D eigenvalue weighted by molar-refractivity contribution is 6.02. The van der Waals surface area contributed by atoms with Gasteiger partial charge in [-0.05, 0) is 31.0 Å². The molecule has 0 radical (unpaired) electrons. The smallest absolute Gasteiger partial charge is 0.335 e. The molecule has 0 aliphatic carbocycles. The molecule has 3 aromatic rings. The molecular weight excluding hydrogens is 342 g/mol. The number of aromatic hydroxyl groups is 1. The number of aromatic nitrogens is 2. The Labute approximate surface area is 156 Å². The zero-order chi connectivity index (χ0) is 19.4. The highest BCUT2D eigenvalue weighted by Gasteiger charge is 2.20. The number of hydrogen-bond acceptors (Lipinski definition) is 4. The normalized spacial score (nSPS) is 12.7. The average Bonchev–Trinajstić information content (AvgIpc) is 2.68. The predicted octanol–water partition coefficient (Wildman–Crippen LogP) is 3.19. The van der Waals surface area contributed by atoms with Crippen molar-refractivity contribution in [3.63, 3.8) is 0 Å². The Bertz CT molecular complexity index is 1070. The molecule has 6 heteroatoms. The molecule has 0 bridgehead atoms. The van der Waals surface area contributed by atoms with Gasteiger partial charge in [0.1, 0.15) is 5.56 Å². The fourth-order valence-electron chi connectivity index (χ4n) is 2.97. The van der Waals surface area contributed by atoms with Crippen LogP contribution in [0.4, 0.5) is 0 Å². The number of para-hydroxylation sites is 1. The molecule has 0 saturated carbocycles. The largest absolute Gasteiger partial charge is 0.493 e. The lowest BCUT2D eigenvalue weighted by molar-refractivity contribution is 0.429. The number of aromatic amines is 1. The molecule has 6 nitrogen and oxygen atoms in total. The second kappa shape index (κ2) is 7.86. The highest BCUT2D eigenvalue weighted by atomic mass is 16.3. The van der Waals surface area contributed by atoms with Crippen LogP contribution in [-0.2, 0) is 0 Å². The van der Waals surface area contributed by atoms with E-state index in [9.17, 15) is 14.7 Å². The minimum Gasteiger partial charge on any atom is -0.493 e. The van der Waals surface area contributed by atoms with Crippen molar-refractivity contribution in [1.29, 1.82) is 0 Å². The summed E-state index contributed by atoms with van der Waals surface area (Å²) in [5, 5.41) is 10.8. The van der Waals surface area contributed by atoms with Gasteiger partial charge in [-0.1, -0.05) is 55.5 Å². The fraction of sp³-hybridized carbons (Fsp3) is 0.190. The van der Waals surface area contributed by atoms with Crippen LogP contribution < -0.4 is 11.2 Å². The Morgan fingerprint density at radius 2 is 1.67 bits per heavy atom. The molecule has 0 aliphatic heterocycles. The minimum atomic E-state index is -0.695. The van der Waals surface area contributed by atoms with Gasteiger partial charge in [-0.3, -0.25) is 14.8 Å². The van der Waals surface area contributed by atoms with Crippen LogP contribution in [0.2, 0.25) is 0 Å². The molecule has 2 aromatic carbocycles. The van der Waals surface area contributed by atoms with Crippen LogP contribution in [-0.4, -0.2) is 20.4 Å². The summed E-state index contributed by atoms with van der Waals surface area (Å²) in [4.78, 5) is 31.7. The van der Waals surface area contributed by atoms with Gasteiger partial charge in [-0.25, -0.2) is 9.36 Å². The maximum Gasteiger partial charge on any atom is 0.335 e. The van der Waals surface area contributed by atoms with Crippen LogP contribution >= 0.6 is 0 Å². The van der Waals surface area contributed by atoms with Crippen molar-refractivity contribution in [1.82, 2.24) is 9.55 Å². The van der Waals surface area contributed by atoms with Gasteiger partial charge < -0.3 is 5.11 Å². The summed E-state index contributed by atoms with van der Waals surface area (Å²) in [6.45, 7) is 3.77.